The van der Waals surface area contributed by atoms with Gasteiger partial charge < -0.3 is 20.3 Å². The molecule has 0 unspecified atom stereocenters. The third-order valence-corrected chi connectivity index (χ3v) is 4.80. The molecule has 9 heteroatoms. The lowest BCUT2D eigenvalue weighted by molar-refractivity contribution is -0.137. The summed E-state index contributed by atoms with van der Waals surface area (Å²) in [5, 5.41) is 5.32. The van der Waals surface area contributed by atoms with Crippen molar-refractivity contribution < 1.29 is 27.1 Å². The van der Waals surface area contributed by atoms with E-state index in [1.54, 1.807) is 4.90 Å². The Morgan fingerprint density at radius 2 is 1.86 bits per heavy atom. The third-order valence-electron chi connectivity index (χ3n) is 4.80. The van der Waals surface area contributed by atoms with Gasteiger partial charge in [-0.15, -0.1) is 0 Å². The summed E-state index contributed by atoms with van der Waals surface area (Å²) < 4.78 is 59.6. The number of halogens is 4. The Labute approximate surface area is 164 Å². The maximum Gasteiger partial charge on any atom is 0.418 e. The van der Waals surface area contributed by atoms with Gasteiger partial charge in [-0.2, -0.15) is 13.2 Å². The van der Waals surface area contributed by atoms with Crippen LogP contribution in [0.4, 0.5) is 34.6 Å². The molecule has 5 nitrogen and oxygen atoms in total. The van der Waals surface area contributed by atoms with Crippen molar-refractivity contribution >= 4 is 28.5 Å². The lowest BCUT2D eigenvalue weighted by atomic mass is 10.1. The quantitative estimate of drug-likeness (QED) is 0.595. The number of hydrogen-bond acceptors (Lipinski definition) is 4. The predicted octanol–water partition coefficient (Wildman–Crippen LogP) is 4.09. The van der Waals surface area contributed by atoms with E-state index < -0.39 is 23.5 Å². The first kappa shape index (κ1) is 19.3. The highest BCUT2D eigenvalue weighted by Crippen LogP contribution is 2.39. The fourth-order valence-electron chi connectivity index (χ4n) is 3.39. The van der Waals surface area contributed by atoms with Crippen molar-refractivity contribution in [1.82, 2.24) is 0 Å². The number of nitrogens with zero attached hydrogens (tertiary/aromatic N) is 1. The van der Waals surface area contributed by atoms with E-state index in [1.165, 1.54) is 36.5 Å². The van der Waals surface area contributed by atoms with Crippen molar-refractivity contribution in [1.29, 1.82) is 0 Å². The van der Waals surface area contributed by atoms with Gasteiger partial charge in [0, 0.05) is 41.9 Å². The predicted molar refractivity (Wildman–Crippen MR) is 101 cm³/mol. The van der Waals surface area contributed by atoms with Gasteiger partial charge in [0.15, 0.2) is 0 Å². The first-order valence-corrected chi connectivity index (χ1v) is 8.95. The van der Waals surface area contributed by atoms with Crippen LogP contribution in [0.3, 0.4) is 0 Å². The van der Waals surface area contributed by atoms with Gasteiger partial charge in [0.1, 0.15) is 5.82 Å². The molecule has 1 fully saturated rings. The van der Waals surface area contributed by atoms with Gasteiger partial charge in [-0.05, 0) is 36.4 Å². The maximum atomic E-state index is 13.6. The van der Waals surface area contributed by atoms with E-state index in [9.17, 15) is 22.4 Å². The smallest absolute Gasteiger partial charge is 0.378 e. The number of hydrogen-bond donors (Lipinski definition) is 2. The number of ether oxygens (including phenoxy) is 1. The summed E-state index contributed by atoms with van der Waals surface area (Å²) in [4.78, 5) is 13.7. The molecule has 152 valence electrons. The number of anilines is 3. The van der Waals surface area contributed by atoms with Crippen LogP contribution in [-0.2, 0) is 15.7 Å². The highest BCUT2D eigenvalue weighted by atomic mass is 19.4. The van der Waals surface area contributed by atoms with Gasteiger partial charge in [-0.25, -0.2) is 4.39 Å². The number of benzene rings is 2. The third kappa shape index (κ3) is 3.91. The summed E-state index contributed by atoms with van der Waals surface area (Å²) >= 11 is 0. The number of alkyl halides is 3. The molecule has 4 rings (SSSR count). The number of carbonyl (C=O) groups is 1. The first-order valence-electron chi connectivity index (χ1n) is 8.95. The zero-order valence-corrected chi connectivity index (χ0v) is 15.1. The van der Waals surface area contributed by atoms with Crippen LogP contribution in [0.15, 0.2) is 42.6 Å². The summed E-state index contributed by atoms with van der Waals surface area (Å²) in [6.07, 6.45) is -3.26. The Morgan fingerprint density at radius 3 is 2.59 bits per heavy atom. The number of fused-ring (bicyclic) bond motifs is 1. The number of nitrogens with one attached hydrogen (secondary N) is 2. The minimum Gasteiger partial charge on any atom is -0.378 e. The van der Waals surface area contributed by atoms with E-state index in [-0.39, 0.29) is 16.9 Å². The fraction of sp³-hybridized carbons (Fsp3) is 0.250. The Bertz CT molecular complexity index is 982. The Kier molecular flexibility index (Phi) is 4.91. The number of rotatable bonds is 3. The fourth-order valence-corrected chi connectivity index (χ4v) is 3.39. The molecule has 1 amide bonds. The SMILES string of the molecule is O=C1Nc2ccc(F)cc2/C1=C\Nc1ccc(N2CCOCC2)c(C(F)(F)F)c1. The summed E-state index contributed by atoms with van der Waals surface area (Å²) in [5.74, 6) is -0.973. The van der Waals surface area contributed by atoms with Crippen molar-refractivity contribution in [3.05, 3.63) is 59.5 Å². The van der Waals surface area contributed by atoms with Crippen LogP contribution in [-0.4, -0.2) is 32.2 Å². The molecule has 0 spiro atoms. The topological polar surface area (TPSA) is 53.6 Å². The molecule has 2 heterocycles. The molecule has 2 aliphatic rings. The van der Waals surface area contributed by atoms with Crippen LogP contribution in [0.2, 0.25) is 0 Å². The minimum atomic E-state index is -4.54. The number of morpholine rings is 1. The monoisotopic (exact) mass is 407 g/mol. The van der Waals surface area contributed by atoms with E-state index in [0.29, 0.717) is 37.6 Å². The summed E-state index contributed by atoms with van der Waals surface area (Å²) in [6.45, 7) is 1.49. The largest absolute Gasteiger partial charge is 0.418 e. The lowest BCUT2D eigenvalue weighted by Gasteiger charge is -2.31. The van der Waals surface area contributed by atoms with Crippen LogP contribution in [0.5, 0.6) is 0 Å². The highest BCUT2D eigenvalue weighted by molar-refractivity contribution is 6.31. The van der Waals surface area contributed by atoms with Gasteiger partial charge >= 0.3 is 6.18 Å². The van der Waals surface area contributed by atoms with Crippen molar-refractivity contribution in [2.45, 2.75) is 6.18 Å². The lowest BCUT2D eigenvalue weighted by Crippen LogP contribution is -2.37. The molecule has 0 aromatic heterocycles. The average Bonchev–Trinajstić information content (AvgIpc) is 3.00. The van der Waals surface area contributed by atoms with Gasteiger partial charge in [-0.1, -0.05) is 0 Å². The van der Waals surface area contributed by atoms with Gasteiger partial charge in [-0.3, -0.25) is 4.79 Å². The Hall–Kier alpha value is -3.07. The van der Waals surface area contributed by atoms with Gasteiger partial charge in [0.05, 0.1) is 24.4 Å². The molecule has 0 saturated carbocycles. The maximum absolute atomic E-state index is 13.6. The second-order valence-electron chi connectivity index (χ2n) is 6.68. The molecule has 2 aromatic rings. The zero-order valence-electron chi connectivity index (χ0n) is 15.1. The second-order valence-corrected chi connectivity index (χ2v) is 6.68. The van der Waals surface area contributed by atoms with Gasteiger partial charge in [0.2, 0.25) is 0 Å². The Morgan fingerprint density at radius 1 is 1.10 bits per heavy atom. The molecule has 2 aliphatic heterocycles. The van der Waals surface area contributed by atoms with Crippen molar-refractivity contribution in [3.63, 3.8) is 0 Å². The Balaban J connectivity index is 1.64. The van der Waals surface area contributed by atoms with E-state index >= 15 is 0 Å². The van der Waals surface area contributed by atoms with Crippen LogP contribution in [0.1, 0.15) is 11.1 Å². The molecule has 0 atom stereocenters. The summed E-state index contributed by atoms with van der Waals surface area (Å²) in [7, 11) is 0. The molecule has 29 heavy (non-hydrogen) atoms. The average molecular weight is 407 g/mol. The standard InChI is InChI=1S/C20H17F4N3O2/c21-12-1-3-17-14(9-12)15(19(28)26-17)11-25-13-2-4-18(16(10-13)20(22,23)24)27-5-7-29-8-6-27/h1-4,9-11,25H,5-8H2,(H,26,28)/b15-11+. The molecule has 1 saturated heterocycles. The molecule has 0 bridgehead atoms. The van der Waals surface area contributed by atoms with Crippen molar-refractivity contribution in [2.75, 3.05) is 41.8 Å². The van der Waals surface area contributed by atoms with E-state index in [1.807, 2.05) is 0 Å². The van der Waals surface area contributed by atoms with E-state index in [4.69, 9.17) is 4.74 Å². The highest BCUT2D eigenvalue weighted by Gasteiger charge is 2.35. The molecular weight excluding hydrogens is 390 g/mol. The van der Waals surface area contributed by atoms with E-state index in [0.717, 1.165) is 6.07 Å². The number of carbonyl (C=O) groups excluding carboxylic acids is 1. The van der Waals surface area contributed by atoms with Crippen LogP contribution < -0.4 is 15.5 Å². The summed E-state index contributed by atoms with van der Waals surface area (Å²) in [6, 6.07) is 7.76. The van der Waals surface area contributed by atoms with Crippen molar-refractivity contribution in [2.24, 2.45) is 0 Å². The zero-order chi connectivity index (χ0) is 20.6. The van der Waals surface area contributed by atoms with E-state index in [2.05, 4.69) is 10.6 Å². The van der Waals surface area contributed by atoms with Crippen molar-refractivity contribution in [3.8, 4) is 0 Å². The normalized spacial score (nSPS) is 18.0. The van der Waals surface area contributed by atoms with Gasteiger partial charge in [0.25, 0.3) is 5.91 Å². The molecular formula is C20H17F4N3O2. The molecule has 2 N–H and O–H groups in total. The summed E-state index contributed by atoms with van der Waals surface area (Å²) in [5.41, 5.74) is 0.423. The molecule has 0 aliphatic carbocycles. The number of amides is 1. The van der Waals surface area contributed by atoms with Crippen LogP contribution >= 0.6 is 0 Å². The molecule has 2 aromatic carbocycles. The van der Waals surface area contributed by atoms with Crippen LogP contribution in [0.25, 0.3) is 5.57 Å². The first-order chi connectivity index (χ1) is 13.8. The molecule has 0 radical (unpaired) electrons. The second kappa shape index (κ2) is 7.40. The van der Waals surface area contributed by atoms with Crippen LogP contribution in [0, 0.1) is 5.82 Å². The minimum absolute atomic E-state index is 0.0880.